The van der Waals surface area contributed by atoms with Crippen LogP contribution in [0.25, 0.3) is 0 Å². The van der Waals surface area contributed by atoms with Crippen LogP contribution < -0.4 is 0 Å². The Labute approximate surface area is 111 Å². The first-order chi connectivity index (χ1) is 8.61. The molecule has 4 atom stereocenters. The Hall–Kier alpha value is -0.410. The molecule has 1 aliphatic carbocycles. The second-order valence-electron chi connectivity index (χ2n) is 6.23. The molecule has 0 aromatic carbocycles. The van der Waals surface area contributed by atoms with Crippen molar-refractivity contribution in [2.45, 2.75) is 46.1 Å². The van der Waals surface area contributed by atoms with Crippen molar-refractivity contribution in [2.75, 3.05) is 26.3 Å². The van der Waals surface area contributed by atoms with E-state index in [0.717, 1.165) is 39.1 Å². The number of hydrogen-bond donors (Lipinski definition) is 0. The molecule has 104 valence electrons. The SMILES string of the molecule is CCC1COCCN1CC1C(=O)CC(C)CC1C. The number of Topliss-reactive ketones (excluding diaryl/α,β-unsaturated/α-hetero) is 1. The summed E-state index contributed by atoms with van der Waals surface area (Å²) in [5, 5.41) is 0. The lowest BCUT2D eigenvalue weighted by Gasteiger charge is -2.40. The molecular weight excluding hydrogens is 226 g/mol. The lowest BCUT2D eigenvalue weighted by Crippen LogP contribution is -2.50. The smallest absolute Gasteiger partial charge is 0.137 e. The zero-order valence-corrected chi connectivity index (χ0v) is 12.0. The maximum absolute atomic E-state index is 12.2. The van der Waals surface area contributed by atoms with Gasteiger partial charge in [-0.1, -0.05) is 20.8 Å². The van der Waals surface area contributed by atoms with Crippen LogP contribution >= 0.6 is 0 Å². The molecule has 2 rings (SSSR count). The Bertz CT molecular complexity index is 292. The van der Waals surface area contributed by atoms with Gasteiger partial charge in [-0.05, 0) is 24.7 Å². The Kier molecular flexibility index (Phi) is 4.79. The summed E-state index contributed by atoms with van der Waals surface area (Å²) in [6, 6.07) is 0.512. The summed E-state index contributed by atoms with van der Waals surface area (Å²) >= 11 is 0. The Morgan fingerprint density at radius 2 is 2.17 bits per heavy atom. The first-order valence-electron chi connectivity index (χ1n) is 7.46. The molecule has 0 spiro atoms. The van der Waals surface area contributed by atoms with E-state index in [1.165, 1.54) is 6.42 Å². The third kappa shape index (κ3) is 3.12. The highest BCUT2D eigenvalue weighted by atomic mass is 16.5. The number of rotatable bonds is 3. The average molecular weight is 253 g/mol. The van der Waals surface area contributed by atoms with Gasteiger partial charge in [0.25, 0.3) is 0 Å². The molecule has 1 aliphatic heterocycles. The fourth-order valence-corrected chi connectivity index (χ4v) is 3.53. The standard InChI is InChI=1S/C15H27NO2/c1-4-13-10-18-6-5-16(13)9-14-12(3)7-11(2)8-15(14)17/h11-14H,4-10H2,1-3H3. The summed E-state index contributed by atoms with van der Waals surface area (Å²) in [7, 11) is 0. The van der Waals surface area contributed by atoms with Gasteiger partial charge < -0.3 is 4.74 Å². The molecule has 0 aromatic heterocycles. The Morgan fingerprint density at radius 1 is 1.39 bits per heavy atom. The van der Waals surface area contributed by atoms with E-state index in [1.807, 2.05) is 0 Å². The van der Waals surface area contributed by atoms with Crippen LogP contribution in [0.3, 0.4) is 0 Å². The molecule has 0 bridgehead atoms. The molecule has 2 aliphatic rings. The van der Waals surface area contributed by atoms with Crippen molar-refractivity contribution in [3.05, 3.63) is 0 Å². The number of ketones is 1. The number of carbonyl (C=O) groups excluding carboxylic acids is 1. The quantitative estimate of drug-likeness (QED) is 0.773. The molecule has 0 aromatic rings. The van der Waals surface area contributed by atoms with Crippen LogP contribution in [0.5, 0.6) is 0 Å². The maximum Gasteiger partial charge on any atom is 0.137 e. The molecule has 1 saturated heterocycles. The fourth-order valence-electron chi connectivity index (χ4n) is 3.53. The highest BCUT2D eigenvalue weighted by molar-refractivity contribution is 5.82. The van der Waals surface area contributed by atoms with Crippen molar-refractivity contribution in [3.8, 4) is 0 Å². The minimum absolute atomic E-state index is 0.258. The molecule has 18 heavy (non-hydrogen) atoms. The summed E-state index contributed by atoms with van der Waals surface area (Å²) in [5.74, 6) is 1.87. The van der Waals surface area contributed by atoms with E-state index in [2.05, 4.69) is 25.7 Å². The van der Waals surface area contributed by atoms with Gasteiger partial charge in [0.1, 0.15) is 5.78 Å². The lowest BCUT2D eigenvalue weighted by molar-refractivity contribution is -0.130. The number of hydrogen-bond acceptors (Lipinski definition) is 3. The van der Waals surface area contributed by atoms with Crippen molar-refractivity contribution < 1.29 is 9.53 Å². The predicted octanol–water partition coefficient (Wildman–Crippen LogP) is 2.35. The monoisotopic (exact) mass is 253 g/mol. The Balaban J connectivity index is 1.96. The highest BCUT2D eigenvalue weighted by Crippen LogP contribution is 2.32. The van der Waals surface area contributed by atoms with Crippen LogP contribution in [0.1, 0.15) is 40.0 Å². The summed E-state index contributed by atoms with van der Waals surface area (Å²) in [5.41, 5.74) is 0. The van der Waals surface area contributed by atoms with Gasteiger partial charge in [-0.15, -0.1) is 0 Å². The first-order valence-corrected chi connectivity index (χ1v) is 7.46. The van der Waals surface area contributed by atoms with Gasteiger partial charge in [-0.3, -0.25) is 9.69 Å². The molecule has 2 fully saturated rings. The molecule has 4 unspecified atom stereocenters. The van der Waals surface area contributed by atoms with Crippen molar-refractivity contribution in [2.24, 2.45) is 17.8 Å². The lowest BCUT2D eigenvalue weighted by atomic mass is 9.74. The van der Waals surface area contributed by atoms with E-state index in [-0.39, 0.29) is 5.92 Å². The van der Waals surface area contributed by atoms with Crippen LogP contribution in [-0.2, 0) is 9.53 Å². The molecule has 0 N–H and O–H groups in total. The van der Waals surface area contributed by atoms with Gasteiger partial charge in [0, 0.05) is 31.5 Å². The number of ether oxygens (including phenoxy) is 1. The molecule has 3 nitrogen and oxygen atoms in total. The zero-order chi connectivity index (χ0) is 13.1. The summed E-state index contributed by atoms with van der Waals surface area (Å²) in [6.45, 7) is 10.3. The number of carbonyl (C=O) groups is 1. The van der Waals surface area contributed by atoms with Crippen LogP contribution in [0, 0.1) is 17.8 Å². The third-order valence-electron chi connectivity index (χ3n) is 4.68. The number of nitrogens with zero attached hydrogens (tertiary/aromatic N) is 1. The van der Waals surface area contributed by atoms with Crippen LogP contribution in [0.2, 0.25) is 0 Å². The highest BCUT2D eigenvalue weighted by Gasteiger charge is 2.35. The van der Waals surface area contributed by atoms with Crippen LogP contribution in [-0.4, -0.2) is 43.0 Å². The van der Waals surface area contributed by atoms with Gasteiger partial charge in [-0.25, -0.2) is 0 Å². The predicted molar refractivity (Wildman–Crippen MR) is 72.5 cm³/mol. The van der Waals surface area contributed by atoms with Gasteiger partial charge in [-0.2, -0.15) is 0 Å². The minimum atomic E-state index is 0.258. The Morgan fingerprint density at radius 3 is 2.83 bits per heavy atom. The van der Waals surface area contributed by atoms with Crippen LogP contribution in [0.4, 0.5) is 0 Å². The molecule has 1 saturated carbocycles. The molecule has 3 heteroatoms. The van der Waals surface area contributed by atoms with E-state index in [4.69, 9.17) is 4.74 Å². The summed E-state index contributed by atoms with van der Waals surface area (Å²) in [6.07, 6.45) is 3.11. The van der Waals surface area contributed by atoms with Crippen molar-refractivity contribution in [1.29, 1.82) is 0 Å². The maximum atomic E-state index is 12.2. The second-order valence-corrected chi connectivity index (χ2v) is 6.23. The molecular formula is C15H27NO2. The summed E-state index contributed by atoms with van der Waals surface area (Å²) < 4.78 is 5.54. The van der Waals surface area contributed by atoms with E-state index in [0.29, 0.717) is 23.7 Å². The third-order valence-corrected chi connectivity index (χ3v) is 4.68. The largest absolute Gasteiger partial charge is 0.378 e. The molecule has 0 amide bonds. The van der Waals surface area contributed by atoms with Crippen molar-refractivity contribution in [1.82, 2.24) is 4.90 Å². The zero-order valence-electron chi connectivity index (χ0n) is 12.0. The average Bonchev–Trinajstić information content (AvgIpc) is 2.34. The fraction of sp³-hybridized carbons (Fsp3) is 0.933. The summed E-state index contributed by atoms with van der Waals surface area (Å²) in [4.78, 5) is 14.7. The minimum Gasteiger partial charge on any atom is -0.378 e. The van der Waals surface area contributed by atoms with Gasteiger partial charge in [0.05, 0.1) is 13.2 Å². The topological polar surface area (TPSA) is 29.5 Å². The van der Waals surface area contributed by atoms with Gasteiger partial charge in [0.2, 0.25) is 0 Å². The van der Waals surface area contributed by atoms with Crippen LogP contribution in [0.15, 0.2) is 0 Å². The van der Waals surface area contributed by atoms with Gasteiger partial charge in [0.15, 0.2) is 0 Å². The second kappa shape index (κ2) is 6.16. The van der Waals surface area contributed by atoms with Crippen molar-refractivity contribution >= 4 is 5.78 Å². The van der Waals surface area contributed by atoms with E-state index in [1.54, 1.807) is 0 Å². The molecule has 0 radical (unpaired) electrons. The first kappa shape index (κ1) is 14.0. The normalized spacial score (nSPS) is 38.9. The number of morpholine rings is 1. The van der Waals surface area contributed by atoms with E-state index in [9.17, 15) is 4.79 Å². The molecule has 1 heterocycles. The van der Waals surface area contributed by atoms with E-state index < -0.39 is 0 Å². The van der Waals surface area contributed by atoms with Gasteiger partial charge >= 0.3 is 0 Å². The van der Waals surface area contributed by atoms with Crippen molar-refractivity contribution in [3.63, 3.8) is 0 Å². The van der Waals surface area contributed by atoms with E-state index >= 15 is 0 Å².